The summed E-state index contributed by atoms with van der Waals surface area (Å²) in [5, 5.41) is 0. The van der Waals surface area contributed by atoms with Gasteiger partial charge in [-0.25, -0.2) is 9.97 Å². The summed E-state index contributed by atoms with van der Waals surface area (Å²) in [5.74, 6) is 0.638. The van der Waals surface area contributed by atoms with Crippen molar-refractivity contribution in [3.8, 4) is 0 Å². The van der Waals surface area contributed by atoms with Crippen LogP contribution >= 0.6 is 0 Å². The first-order chi connectivity index (χ1) is 11.2. The van der Waals surface area contributed by atoms with E-state index in [0.717, 1.165) is 38.0 Å². The van der Waals surface area contributed by atoms with Gasteiger partial charge in [0, 0.05) is 31.0 Å². The molecule has 0 N–H and O–H groups in total. The molecule has 4 rings (SSSR count). The Morgan fingerprint density at radius 2 is 1.96 bits per heavy atom. The van der Waals surface area contributed by atoms with Crippen LogP contribution in [0.3, 0.4) is 0 Å². The first-order valence-corrected chi connectivity index (χ1v) is 8.23. The van der Waals surface area contributed by atoms with E-state index in [1.807, 2.05) is 11.0 Å². The van der Waals surface area contributed by atoms with Crippen molar-refractivity contribution in [2.24, 2.45) is 0 Å². The van der Waals surface area contributed by atoms with Gasteiger partial charge >= 0.3 is 0 Å². The molecule has 1 atom stereocenters. The number of anilines is 2. The lowest BCUT2D eigenvalue weighted by atomic mass is 10.1. The quantitative estimate of drug-likeness (QED) is 0.856. The SMILES string of the molecule is CC1Cc2ccccc2N1c1nccc(C(=O)N2CCCC2)n1. The van der Waals surface area contributed by atoms with Crippen molar-refractivity contribution in [2.75, 3.05) is 18.0 Å². The number of fused-ring (bicyclic) bond motifs is 1. The molecule has 1 amide bonds. The van der Waals surface area contributed by atoms with Crippen LogP contribution in [-0.4, -0.2) is 39.9 Å². The van der Waals surface area contributed by atoms with E-state index in [4.69, 9.17) is 0 Å². The van der Waals surface area contributed by atoms with E-state index in [1.54, 1.807) is 12.3 Å². The molecular formula is C18H20N4O. The van der Waals surface area contributed by atoms with Crippen LogP contribution in [0, 0.1) is 0 Å². The molecule has 2 aromatic rings. The monoisotopic (exact) mass is 308 g/mol. The maximum absolute atomic E-state index is 12.6. The van der Waals surface area contributed by atoms with Crippen LogP contribution in [-0.2, 0) is 6.42 Å². The predicted octanol–water partition coefficient (Wildman–Crippen LogP) is 2.80. The maximum Gasteiger partial charge on any atom is 0.272 e. The van der Waals surface area contributed by atoms with E-state index in [2.05, 4.69) is 40.0 Å². The standard InChI is InChI=1S/C18H20N4O/c1-13-12-14-6-2-3-7-16(14)22(13)18-19-9-8-15(20-18)17(23)21-10-4-5-11-21/h2-3,6-9,13H,4-5,10-12H2,1H3. The molecule has 1 unspecified atom stereocenters. The molecule has 23 heavy (non-hydrogen) atoms. The highest BCUT2D eigenvalue weighted by atomic mass is 16.2. The van der Waals surface area contributed by atoms with E-state index in [1.165, 1.54) is 5.56 Å². The summed E-state index contributed by atoms with van der Waals surface area (Å²) >= 11 is 0. The Morgan fingerprint density at radius 3 is 2.78 bits per heavy atom. The van der Waals surface area contributed by atoms with Crippen molar-refractivity contribution in [3.05, 3.63) is 47.8 Å². The van der Waals surface area contributed by atoms with Gasteiger partial charge < -0.3 is 9.80 Å². The van der Waals surface area contributed by atoms with Gasteiger partial charge in [0.05, 0.1) is 0 Å². The third-order valence-electron chi connectivity index (χ3n) is 4.68. The topological polar surface area (TPSA) is 49.3 Å². The number of benzene rings is 1. The van der Waals surface area contributed by atoms with Crippen LogP contribution in [0.2, 0.25) is 0 Å². The number of para-hydroxylation sites is 1. The van der Waals surface area contributed by atoms with Crippen LogP contribution in [0.25, 0.3) is 0 Å². The molecule has 0 radical (unpaired) electrons. The smallest absolute Gasteiger partial charge is 0.272 e. The highest BCUT2D eigenvalue weighted by molar-refractivity contribution is 5.92. The Morgan fingerprint density at radius 1 is 1.17 bits per heavy atom. The Labute approximate surface area is 136 Å². The van der Waals surface area contributed by atoms with Gasteiger partial charge in [-0.3, -0.25) is 4.79 Å². The molecule has 1 aromatic heterocycles. The summed E-state index contributed by atoms with van der Waals surface area (Å²) in [4.78, 5) is 25.6. The van der Waals surface area contributed by atoms with Gasteiger partial charge in [0.2, 0.25) is 5.95 Å². The van der Waals surface area contributed by atoms with Gasteiger partial charge in [-0.1, -0.05) is 18.2 Å². The number of carbonyl (C=O) groups is 1. The van der Waals surface area contributed by atoms with Crippen molar-refractivity contribution in [1.29, 1.82) is 0 Å². The van der Waals surface area contributed by atoms with E-state index >= 15 is 0 Å². The number of hydrogen-bond acceptors (Lipinski definition) is 4. The van der Waals surface area contributed by atoms with Crippen LogP contribution in [0.15, 0.2) is 36.5 Å². The van der Waals surface area contributed by atoms with Crippen LogP contribution in [0.4, 0.5) is 11.6 Å². The van der Waals surface area contributed by atoms with Crippen molar-refractivity contribution in [1.82, 2.24) is 14.9 Å². The molecule has 3 heterocycles. The van der Waals surface area contributed by atoms with E-state index in [-0.39, 0.29) is 5.91 Å². The molecule has 5 heteroatoms. The number of amides is 1. The lowest BCUT2D eigenvalue weighted by Crippen LogP contribution is -2.30. The summed E-state index contributed by atoms with van der Waals surface area (Å²) in [7, 11) is 0. The van der Waals surface area contributed by atoms with E-state index in [9.17, 15) is 4.79 Å². The first kappa shape index (κ1) is 14.2. The summed E-state index contributed by atoms with van der Waals surface area (Å²) in [6.45, 7) is 3.83. The molecule has 1 saturated heterocycles. The number of aromatic nitrogens is 2. The van der Waals surface area contributed by atoms with E-state index in [0.29, 0.717) is 17.7 Å². The summed E-state index contributed by atoms with van der Waals surface area (Å²) < 4.78 is 0. The highest BCUT2D eigenvalue weighted by Gasteiger charge is 2.29. The average molecular weight is 308 g/mol. The van der Waals surface area contributed by atoms with Gasteiger partial charge in [-0.15, -0.1) is 0 Å². The van der Waals surface area contributed by atoms with Crippen molar-refractivity contribution < 1.29 is 4.79 Å². The Bertz CT molecular complexity index is 739. The zero-order valence-corrected chi connectivity index (χ0v) is 13.3. The Kier molecular flexibility index (Phi) is 3.48. The molecular weight excluding hydrogens is 288 g/mol. The minimum atomic E-state index is 0.0197. The van der Waals surface area contributed by atoms with Crippen molar-refractivity contribution in [2.45, 2.75) is 32.2 Å². The van der Waals surface area contributed by atoms with Crippen LogP contribution in [0.1, 0.15) is 35.8 Å². The number of hydrogen-bond donors (Lipinski definition) is 0. The molecule has 1 aromatic carbocycles. The average Bonchev–Trinajstić information content (AvgIpc) is 3.21. The van der Waals surface area contributed by atoms with Crippen molar-refractivity contribution >= 4 is 17.5 Å². The number of likely N-dealkylation sites (tertiary alicyclic amines) is 1. The second-order valence-electron chi connectivity index (χ2n) is 6.29. The van der Waals surface area contributed by atoms with Gasteiger partial charge in [-0.05, 0) is 43.9 Å². The zero-order chi connectivity index (χ0) is 15.8. The fraction of sp³-hybridized carbons (Fsp3) is 0.389. The predicted molar refractivity (Wildman–Crippen MR) is 88.9 cm³/mol. The highest BCUT2D eigenvalue weighted by Crippen LogP contribution is 2.36. The van der Waals surface area contributed by atoms with Crippen LogP contribution < -0.4 is 4.90 Å². The molecule has 2 aliphatic heterocycles. The second kappa shape index (κ2) is 5.65. The van der Waals surface area contributed by atoms with Gasteiger partial charge in [0.1, 0.15) is 5.69 Å². The number of carbonyl (C=O) groups excluding carboxylic acids is 1. The maximum atomic E-state index is 12.6. The van der Waals surface area contributed by atoms with Crippen molar-refractivity contribution in [3.63, 3.8) is 0 Å². The fourth-order valence-corrected chi connectivity index (χ4v) is 3.54. The van der Waals surface area contributed by atoms with Gasteiger partial charge in [0.25, 0.3) is 5.91 Å². The minimum Gasteiger partial charge on any atom is -0.337 e. The molecule has 0 bridgehead atoms. The summed E-state index contributed by atoms with van der Waals surface area (Å²) in [6.07, 6.45) is 4.84. The second-order valence-corrected chi connectivity index (χ2v) is 6.29. The lowest BCUT2D eigenvalue weighted by molar-refractivity contribution is 0.0787. The molecule has 5 nitrogen and oxygen atoms in total. The third kappa shape index (κ3) is 2.46. The molecule has 0 aliphatic carbocycles. The molecule has 118 valence electrons. The summed E-state index contributed by atoms with van der Waals surface area (Å²) in [5.41, 5.74) is 2.94. The lowest BCUT2D eigenvalue weighted by Gasteiger charge is -2.23. The first-order valence-electron chi connectivity index (χ1n) is 8.23. The molecule has 0 saturated carbocycles. The summed E-state index contributed by atoms with van der Waals surface area (Å²) in [6, 6.07) is 10.3. The normalized spacial score (nSPS) is 20.0. The van der Waals surface area contributed by atoms with Gasteiger partial charge in [0.15, 0.2) is 0 Å². The fourth-order valence-electron chi connectivity index (χ4n) is 3.54. The van der Waals surface area contributed by atoms with Gasteiger partial charge in [-0.2, -0.15) is 0 Å². The molecule has 1 fully saturated rings. The van der Waals surface area contributed by atoms with Crippen LogP contribution in [0.5, 0.6) is 0 Å². The zero-order valence-electron chi connectivity index (χ0n) is 13.3. The van der Waals surface area contributed by atoms with E-state index < -0.39 is 0 Å². The minimum absolute atomic E-state index is 0.0197. The Hall–Kier alpha value is -2.43. The molecule has 0 spiro atoms. The number of rotatable bonds is 2. The largest absolute Gasteiger partial charge is 0.337 e. The number of nitrogens with zero attached hydrogens (tertiary/aromatic N) is 4. The Balaban J connectivity index is 1.67. The third-order valence-corrected chi connectivity index (χ3v) is 4.68. The molecule has 2 aliphatic rings.